The van der Waals surface area contributed by atoms with Crippen LogP contribution in [0.2, 0.25) is 10.0 Å². The maximum Gasteiger partial charge on any atom is 0.325 e. The number of rotatable bonds is 6. The van der Waals surface area contributed by atoms with Crippen LogP contribution in [0.1, 0.15) is 63.1 Å². The van der Waals surface area contributed by atoms with Crippen molar-refractivity contribution in [2.24, 2.45) is 0 Å². The van der Waals surface area contributed by atoms with Crippen molar-refractivity contribution < 1.29 is 14.4 Å². The van der Waals surface area contributed by atoms with Crippen molar-refractivity contribution in [1.29, 1.82) is 0 Å². The normalized spacial score (nSPS) is 18.5. The van der Waals surface area contributed by atoms with Crippen molar-refractivity contribution in [3.8, 4) is 0 Å². The van der Waals surface area contributed by atoms with Gasteiger partial charge in [-0.25, -0.2) is 4.79 Å². The summed E-state index contributed by atoms with van der Waals surface area (Å²) in [5.74, 6) is -0.587. The number of nitrogens with zero attached hydrogens (tertiary/aromatic N) is 1. The van der Waals surface area contributed by atoms with Gasteiger partial charge in [-0.2, -0.15) is 0 Å². The Labute approximate surface area is 198 Å². The van der Waals surface area contributed by atoms with Gasteiger partial charge in [-0.05, 0) is 47.6 Å². The first-order valence-corrected chi connectivity index (χ1v) is 11.2. The van der Waals surface area contributed by atoms with Gasteiger partial charge in [0, 0.05) is 5.69 Å². The third-order valence-electron chi connectivity index (χ3n) is 5.71. The largest absolute Gasteiger partial charge is 0.325 e. The van der Waals surface area contributed by atoms with Crippen molar-refractivity contribution in [1.82, 2.24) is 10.2 Å². The molecule has 0 radical (unpaired) electrons. The molecular weight excluding hydrogens is 449 g/mol. The summed E-state index contributed by atoms with van der Waals surface area (Å²) in [7, 11) is 0. The predicted octanol–water partition coefficient (Wildman–Crippen LogP) is 5.65. The molecule has 1 saturated heterocycles. The molecule has 4 amide bonds. The molecule has 1 aliphatic heterocycles. The zero-order valence-electron chi connectivity index (χ0n) is 18.8. The number of imide groups is 1. The molecule has 1 heterocycles. The summed E-state index contributed by atoms with van der Waals surface area (Å²) in [6, 6.07) is 10.0. The Kier molecular flexibility index (Phi) is 6.86. The quantitative estimate of drug-likeness (QED) is 0.530. The highest BCUT2D eigenvalue weighted by molar-refractivity contribution is 6.42. The highest BCUT2D eigenvalue weighted by Gasteiger charge is 2.49. The second-order valence-corrected chi connectivity index (χ2v) is 9.56. The van der Waals surface area contributed by atoms with Crippen LogP contribution in [-0.4, -0.2) is 29.3 Å². The van der Waals surface area contributed by atoms with E-state index in [1.165, 1.54) is 0 Å². The Morgan fingerprint density at radius 3 is 2.16 bits per heavy atom. The second-order valence-electron chi connectivity index (χ2n) is 8.74. The zero-order chi connectivity index (χ0) is 23.8. The SMILES string of the molecule is CC(C)c1cccc(C(C)C)c1NC(=O)CN1C(=O)NC(C)(c2ccc(Cl)c(Cl)c2)C1=O. The summed E-state index contributed by atoms with van der Waals surface area (Å²) in [6.07, 6.45) is 0. The van der Waals surface area contributed by atoms with E-state index in [-0.39, 0.29) is 16.9 Å². The molecule has 1 fully saturated rings. The lowest BCUT2D eigenvalue weighted by molar-refractivity contribution is -0.133. The topological polar surface area (TPSA) is 78.5 Å². The fourth-order valence-electron chi connectivity index (χ4n) is 3.86. The van der Waals surface area contributed by atoms with Gasteiger partial charge in [-0.15, -0.1) is 0 Å². The first-order valence-electron chi connectivity index (χ1n) is 10.5. The molecule has 0 spiro atoms. The number of anilines is 1. The average Bonchev–Trinajstić information content (AvgIpc) is 2.93. The zero-order valence-corrected chi connectivity index (χ0v) is 20.3. The standard InChI is InChI=1S/C24H27Cl2N3O3/c1-13(2)16-7-6-8-17(14(3)4)21(16)27-20(30)12-29-22(31)24(5,28-23(29)32)15-9-10-18(25)19(26)11-15/h6-11,13-14H,12H2,1-5H3,(H,27,30)(H,28,32). The summed E-state index contributed by atoms with van der Waals surface area (Å²) in [5.41, 5.74) is 1.89. The van der Waals surface area contributed by atoms with Crippen molar-refractivity contribution in [3.05, 3.63) is 63.1 Å². The van der Waals surface area contributed by atoms with Crippen LogP contribution in [0.4, 0.5) is 10.5 Å². The molecule has 6 nitrogen and oxygen atoms in total. The van der Waals surface area contributed by atoms with Crippen molar-refractivity contribution in [3.63, 3.8) is 0 Å². The molecule has 2 N–H and O–H groups in total. The van der Waals surface area contributed by atoms with E-state index in [1.54, 1.807) is 25.1 Å². The minimum absolute atomic E-state index is 0.193. The number of carbonyl (C=O) groups excluding carboxylic acids is 3. The summed E-state index contributed by atoms with van der Waals surface area (Å²) in [4.78, 5) is 39.6. The van der Waals surface area contributed by atoms with Crippen LogP contribution in [0.25, 0.3) is 0 Å². The third-order valence-corrected chi connectivity index (χ3v) is 6.45. The van der Waals surface area contributed by atoms with Gasteiger partial charge in [0.2, 0.25) is 5.91 Å². The number of amides is 4. The molecule has 3 rings (SSSR count). The molecule has 170 valence electrons. The third kappa shape index (κ3) is 4.48. The van der Waals surface area contributed by atoms with Gasteiger partial charge < -0.3 is 10.6 Å². The van der Waals surface area contributed by atoms with E-state index in [0.29, 0.717) is 10.6 Å². The van der Waals surface area contributed by atoms with Crippen LogP contribution in [-0.2, 0) is 15.1 Å². The maximum absolute atomic E-state index is 13.2. The summed E-state index contributed by atoms with van der Waals surface area (Å²) < 4.78 is 0. The average molecular weight is 476 g/mol. The Balaban J connectivity index is 1.84. The number of nitrogens with one attached hydrogen (secondary N) is 2. The fraction of sp³-hybridized carbons (Fsp3) is 0.375. The Hall–Kier alpha value is -2.57. The van der Waals surface area contributed by atoms with E-state index >= 15 is 0 Å². The first-order chi connectivity index (χ1) is 15.0. The van der Waals surface area contributed by atoms with Crippen LogP contribution in [0.3, 0.4) is 0 Å². The number of para-hydroxylation sites is 1. The van der Waals surface area contributed by atoms with Crippen molar-refractivity contribution in [2.75, 3.05) is 11.9 Å². The van der Waals surface area contributed by atoms with E-state index in [4.69, 9.17) is 23.2 Å². The van der Waals surface area contributed by atoms with Gasteiger partial charge in [0.05, 0.1) is 10.0 Å². The molecule has 2 aromatic rings. The van der Waals surface area contributed by atoms with Gasteiger partial charge in [0.25, 0.3) is 5.91 Å². The van der Waals surface area contributed by atoms with Gasteiger partial charge in [-0.3, -0.25) is 14.5 Å². The number of halogens is 2. The van der Waals surface area contributed by atoms with Gasteiger partial charge in [0.1, 0.15) is 12.1 Å². The van der Waals surface area contributed by atoms with Gasteiger partial charge in [0.15, 0.2) is 0 Å². The monoisotopic (exact) mass is 475 g/mol. The second kappa shape index (κ2) is 9.12. The Bertz CT molecular complexity index is 1060. The van der Waals surface area contributed by atoms with Gasteiger partial charge >= 0.3 is 6.03 Å². The molecule has 1 aliphatic rings. The first kappa shape index (κ1) is 24.1. The molecular formula is C24H27Cl2N3O3. The number of urea groups is 1. The minimum atomic E-state index is -1.34. The van der Waals surface area contributed by atoms with E-state index in [0.717, 1.165) is 21.7 Å². The minimum Gasteiger partial charge on any atom is -0.324 e. The fourth-order valence-corrected chi connectivity index (χ4v) is 4.16. The number of benzene rings is 2. The van der Waals surface area contributed by atoms with Crippen molar-refractivity contribution >= 4 is 46.7 Å². The van der Waals surface area contributed by atoms with E-state index in [9.17, 15) is 14.4 Å². The Morgan fingerprint density at radius 1 is 1.03 bits per heavy atom. The van der Waals surface area contributed by atoms with Crippen molar-refractivity contribution in [2.45, 2.75) is 52.0 Å². The molecule has 0 aliphatic carbocycles. The van der Waals surface area contributed by atoms with Crippen LogP contribution in [0.15, 0.2) is 36.4 Å². The van der Waals surface area contributed by atoms with Crippen LogP contribution in [0, 0.1) is 0 Å². The van der Waals surface area contributed by atoms with E-state index in [1.807, 2.05) is 18.2 Å². The predicted molar refractivity (Wildman–Crippen MR) is 127 cm³/mol. The molecule has 8 heteroatoms. The molecule has 0 aromatic heterocycles. The van der Waals surface area contributed by atoms with Crippen LogP contribution in [0.5, 0.6) is 0 Å². The molecule has 2 aromatic carbocycles. The highest BCUT2D eigenvalue weighted by Crippen LogP contribution is 2.34. The van der Waals surface area contributed by atoms with Crippen LogP contribution < -0.4 is 10.6 Å². The van der Waals surface area contributed by atoms with Crippen LogP contribution >= 0.6 is 23.2 Å². The number of hydrogen-bond acceptors (Lipinski definition) is 3. The maximum atomic E-state index is 13.2. The lowest BCUT2D eigenvalue weighted by Gasteiger charge is -2.23. The summed E-state index contributed by atoms with van der Waals surface area (Å²) in [5, 5.41) is 6.24. The number of hydrogen-bond donors (Lipinski definition) is 2. The van der Waals surface area contributed by atoms with E-state index < -0.39 is 29.9 Å². The van der Waals surface area contributed by atoms with Gasteiger partial charge in [-0.1, -0.05) is 75.2 Å². The summed E-state index contributed by atoms with van der Waals surface area (Å²) >= 11 is 12.1. The number of carbonyl (C=O) groups is 3. The van der Waals surface area contributed by atoms with E-state index in [2.05, 4.69) is 38.3 Å². The molecule has 0 bridgehead atoms. The summed E-state index contributed by atoms with van der Waals surface area (Å²) in [6.45, 7) is 9.38. The smallest absolute Gasteiger partial charge is 0.324 e. The molecule has 1 unspecified atom stereocenters. The Morgan fingerprint density at radius 2 is 1.62 bits per heavy atom. The molecule has 32 heavy (non-hydrogen) atoms. The lowest BCUT2D eigenvalue weighted by atomic mass is 9.92. The lowest BCUT2D eigenvalue weighted by Crippen LogP contribution is -2.42. The molecule has 1 atom stereocenters. The highest BCUT2D eigenvalue weighted by atomic mass is 35.5. The molecule has 0 saturated carbocycles.